The van der Waals surface area contributed by atoms with Gasteiger partial charge in [-0.05, 0) is 49.7 Å². The molecule has 1 unspecified atom stereocenters. The molecule has 33 heavy (non-hydrogen) atoms. The molecule has 0 spiro atoms. The predicted molar refractivity (Wildman–Crippen MR) is 130 cm³/mol. The Kier molecular flexibility index (Phi) is 7.28. The third kappa shape index (κ3) is 5.28. The molecule has 0 aromatic heterocycles. The molecule has 1 amide bonds. The van der Waals surface area contributed by atoms with Gasteiger partial charge in [0.25, 0.3) is 11.7 Å². The molecular weight excluding hydrogens is 416 g/mol. The topological polar surface area (TPSA) is 70.1 Å². The number of carbonyl (C=O) groups excluding carboxylic acids is 2. The third-order valence-electron chi connectivity index (χ3n) is 5.84. The fraction of sp³-hybridized carbons (Fsp3) is 0.407. The highest BCUT2D eigenvalue weighted by Gasteiger charge is 2.46. The van der Waals surface area contributed by atoms with Crippen LogP contribution in [0.4, 0.5) is 0 Å². The van der Waals surface area contributed by atoms with Crippen molar-refractivity contribution in [1.29, 1.82) is 0 Å². The SMILES string of the molecule is CCOc1cccc(/C(O)=C2\C(=O)C(=O)N(CCN(C)C)C2c2ccc(C(C)(C)C)cc2)c1. The Hall–Kier alpha value is -3.12. The lowest BCUT2D eigenvalue weighted by Crippen LogP contribution is -2.35. The van der Waals surface area contributed by atoms with Crippen molar-refractivity contribution in [2.45, 2.75) is 39.2 Å². The molecule has 1 aliphatic heterocycles. The van der Waals surface area contributed by atoms with Crippen molar-refractivity contribution in [3.63, 3.8) is 0 Å². The second kappa shape index (κ2) is 9.79. The molecule has 3 rings (SSSR count). The van der Waals surface area contributed by atoms with Crippen LogP contribution >= 0.6 is 0 Å². The summed E-state index contributed by atoms with van der Waals surface area (Å²) in [4.78, 5) is 29.7. The highest BCUT2D eigenvalue weighted by molar-refractivity contribution is 6.46. The first-order valence-electron chi connectivity index (χ1n) is 11.3. The standard InChI is InChI=1S/C27H34N2O4/c1-7-33-21-10-8-9-19(17-21)24(30)22-23(18-11-13-20(14-12-18)27(2,3)4)29(16-15-28(5)6)26(32)25(22)31/h8-14,17,23,30H,7,15-16H2,1-6H3/b24-22+. The van der Waals surface area contributed by atoms with Gasteiger partial charge in [0.05, 0.1) is 18.2 Å². The molecule has 1 aliphatic rings. The van der Waals surface area contributed by atoms with Crippen LogP contribution in [0.1, 0.15) is 50.4 Å². The minimum atomic E-state index is -0.669. The zero-order valence-corrected chi connectivity index (χ0v) is 20.4. The fourth-order valence-corrected chi connectivity index (χ4v) is 3.99. The Morgan fingerprint density at radius 1 is 1.09 bits per heavy atom. The number of Topliss-reactive ketones (excluding diaryl/α,β-unsaturated/α-hetero) is 1. The Morgan fingerprint density at radius 3 is 2.33 bits per heavy atom. The van der Waals surface area contributed by atoms with Gasteiger partial charge in [-0.15, -0.1) is 0 Å². The largest absolute Gasteiger partial charge is 0.507 e. The Morgan fingerprint density at radius 2 is 1.76 bits per heavy atom. The lowest BCUT2D eigenvalue weighted by molar-refractivity contribution is -0.140. The Labute approximate surface area is 196 Å². The molecule has 0 radical (unpaired) electrons. The van der Waals surface area contributed by atoms with Gasteiger partial charge in [-0.25, -0.2) is 0 Å². The minimum Gasteiger partial charge on any atom is -0.507 e. The molecule has 1 N–H and O–H groups in total. The molecule has 1 saturated heterocycles. The van der Waals surface area contributed by atoms with Crippen LogP contribution in [0.25, 0.3) is 5.76 Å². The smallest absolute Gasteiger partial charge is 0.295 e. The molecule has 6 nitrogen and oxygen atoms in total. The van der Waals surface area contributed by atoms with Gasteiger partial charge in [-0.1, -0.05) is 57.2 Å². The molecule has 1 atom stereocenters. The van der Waals surface area contributed by atoms with E-state index in [1.165, 1.54) is 0 Å². The summed E-state index contributed by atoms with van der Waals surface area (Å²) in [6.45, 7) is 9.75. The summed E-state index contributed by atoms with van der Waals surface area (Å²) in [5.74, 6) is -0.858. The summed E-state index contributed by atoms with van der Waals surface area (Å²) in [7, 11) is 3.84. The van der Waals surface area contributed by atoms with E-state index in [1.54, 1.807) is 29.2 Å². The molecule has 0 aliphatic carbocycles. The van der Waals surface area contributed by atoms with E-state index >= 15 is 0 Å². The van der Waals surface area contributed by atoms with E-state index < -0.39 is 17.7 Å². The number of ether oxygens (including phenoxy) is 1. The van der Waals surface area contributed by atoms with Crippen LogP contribution < -0.4 is 4.74 Å². The second-order valence-electron chi connectivity index (χ2n) is 9.63. The van der Waals surface area contributed by atoms with E-state index in [4.69, 9.17) is 4.74 Å². The molecule has 176 valence electrons. The van der Waals surface area contributed by atoms with Crippen LogP contribution in [-0.2, 0) is 15.0 Å². The molecule has 0 bridgehead atoms. The number of hydrogen-bond donors (Lipinski definition) is 1. The van der Waals surface area contributed by atoms with Crippen molar-refractivity contribution in [3.8, 4) is 5.75 Å². The lowest BCUT2D eigenvalue weighted by Gasteiger charge is -2.27. The summed E-state index contributed by atoms with van der Waals surface area (Å²) in [6, 6.07) is 14.2. The lowest BCUT2D eigenvalue weighted by atomic mass is 9.85. The molecule has 2 aromatic carbocycles. The Balaban J connectivity index is 2.13. The summed E-state index contributed by atoms with van der Waals surface area (Å²) in [5, 5.41) is 11.2. The van der Waals surface area contributed by atoms with Gasteiger partial charge < -0.3 is 19.6 Å². The van der Waals surface area contributed by atoms with Crippen molar-refractivity contribution in [2.24, 2.45) is 0 Å². The van der Waals surface area contributed by atoms with Crippen molar-refractivity contribution in [2.75, 3.05) is 33.8 Å². The van der Waals surface area contributed by atoms with E-state index in [0.717, 1.165) is 11.1 Å². The number of hydrogen-bond acceptors (Lipinski definition) is 5. The normalized spacial score (nSPS) is 18.3. The number of rotatable bonds is 7. The first-order chi connectivity index (χ1) is 15.5. The Bertz CT molecular complexity index is 1050. The van der Waals surface area contributed by atoms with E-state index in [-0.39, 0.29) is 16.7 Å². The molecule has 2 aromatic rings. The van der Waals surface area contributed by atoms with Gasteiger partial charge in [0.1, 0.15) is 11.5 Å². The van der Waals surface area contributed by atoms with Crippen LogP contribution in [0.15, 0.2) is 54.1 Å². The van der Waals surface area contributed by atoms with Gasteiger partial charge in [-0.2, -0.15) is 0 Å². The molecule has 1 heterocycles. The maximum absolute atomic E-state index is 13.1. The monoisotopic (exact) mass is 450 g/mol. The second-order valence-corrected chi connectivity index (χ2v) is 9.63. The number of likely N-dealkylation sites (tertiary alicyclic amines) is 1. The highest BCUT2D eigenvalue weighted by atomic mass is 16.5. The number of nitrogens with zero attached hydrogens (tertiary/aromatic N) is 2. The molecule has 0 saturated carbocycles. The highest BCUT2D eigenvalue weighted by Crippen LogP contribution is 2.40. The molecule has 6 heteroatoms. The van der Waals surface area contributed by atoms with Crippen LogP contribution in [0.5, 0.6) is 5.75 Å². The van der Waals surface area contributed by atoms with Crippen molar-refractivity contribution < 1.29 is 19.4 Å². The zero-order chi connectivity index (χ0) is 24.3. The number of benzene rings is 2. The average Bonchev–Trinajstić information content (AvgIpc) is 3.02. The van der Waals surface area contributed by atoms with E-state index in [9.17, 15) is 14.7 Å². The minimum absolute atomic E-state index is 0.0228. The number of ketones is 1. The third-order valence-corrected chi connectivity index (χ3v) is 5.84. The number of aliphatic hydroxyl groups is 1. The maximum Gasteiger partial charge on any atom is 0.295 e. The summed E-state index contributed by atoms with van der Waals surface area (Å²) >= 11 is 0. The molecule has 1 fully saturated rings. The average molecular weight is 451 g/mol. The van der Waals surface area contributed by atoms with Gasteiger partial charge >= 0.3 is 0 Å². The summed E-state index contributed by atoms with van der Waals surface area (Å²) in [6.07, 6.45) is 0. The van der Waals surface area contributed by atoms with E-state index in [0.29, 0.717) is 31.0 Å². The maximum atomic E-state index is 13.1. The zero-order valence-electron chi connectivity index (χ0n) is 20.4. The molecular formula is C27H34N2O4. The number of likely N-dealkylation sites (N-methyl/N-ethyl adjacent to an activating group) is 1. The van der Waals surface area contributed by atoms with E-state index in [2.05, 4.69) is 20.8 Å². The number of carbonyl (C=O) groups is 2. The summed E-state index contributed by atoms with van der Waals surface area (Å²) in [5.41, 5.74) is 2.48. The first kappa shape index (κ1) is 24.5. The predicted octanol–water partition coefficient (Wildman–Crippen LogP) is 4.37. The fourth-order valence-electron chi connectivity index (χ4n) is 3.99. The van der Waals surface area contributed by atoms with Crippen molar-refractivity contribution in [1.82, 2.24) is 9.80 Å². The van der Waals surface area contributed by atoms with Gasteiger partial charge in [-0.3, -0.25) is 9.59 Å². The summed E-state index contributed by atoms with van der Waals surface area (Å²) < 4.78 is 5.55. The van der Waals surface area contributed by atoms with Crippen LogP contribution in [0, 0.1) is 0 Å². The van der Waals surface area contributed by atoms with Crippen molar-refractivity contribution in [3.05, 3.63) is 70.8 Å². The van der Waals surface area contributed by atoms with Crippen LogP contribution in [0.3, 0.4) is 0 Å². The van der Waals surface area contributed by atoms with Crippen molar-refractivity contribution >= 4 is 17.4 Å². The quantitative estimate of drug-likeness (QED) is 0.385. The van der Waals surface area contributed by atoms with Crippen LogP contribution in [-0.4, -0.2) is 60.4 Å². The van der Waals surface area contributed by atoms with Crippen LogP contribution in [0.2, 0.25) is 0 Å². The van der Waals surface area contributed by atoms with Gasteiger partial charge in [0.2, 0.25) is 0 Å². The van der Waals surface area contributed by atoms with E-state index in [1.807, 2.05) is 50.2 Å². The first-order valence-corrected chi connectivity index (χ1v) is 11.3. The van der Waals surface area contributed by atoms with Gasteiger partial charge in [0.15, 0.2) is 0 Å². The number of amides is 1. The number of aliphatic hydroxyl groups excluding tert-OH is 1. The van der Waals surface area contributed by atoms with Gasteiger partial charge in [0, 0.05) is 18.7 Å².